The summed E-state index contributed by atoms with van der Waals surface area (Å²) < 4.78 is 5.63. The molecule has 0 aromatic carbocycles. The molecule has 2 atom stereocenters. The highest BCUT2D eigenvalue weighted by Gasteiger charge is 2.25. The summed E-state index contributed by atoms with van der Waals surface area (Å²) in [6.07, 6.45) is 1.53. The molecule has 0 spiro atoms. The van der Waals surface area contributed by atoms with Gasteiger partial charge in [0, 0.05) is 19.3 Å². The van der Waals surface area contributed by atoms with Gasteiger partial charge in [-0.05, 0) is 19.9 Å². The Morgan fingerprint density at radius 3 is 2.61 bits per heavy atom. The van der Waals surface area contributed by atoms with Gasteiger partial charge < -0.3 is 14.7 Å². The molecule has 1 saturated heterocycles. The van der Waals surface area contributed by atoms with Gasteiger partial charge in [-0.2, -0.15) is 0 Å². The number of ether oxygens (including phenoxy) is 1. The number of aromatic carboxylic acids is 1. The molecule has 0 radical (unpaired) electrons. The quantitative estimate of drug-likeness (QED) is 0.891. The maximum atomic E-state index is 10.8. The molecule has 0 bridgehead atoms. The molecule has 2 heterocycles. The number of carbonyl (C=O) groups is 1. The number of pyridine rings is 1. The lowest BCUT2D eigenvalue weighted by atomic mass is 10.2. The Labute approximate surface area is 110 Å². The van der Waals surface area contributed by atoms with E-state index in [0.29, 0.717) is 23.9 Å². The number of rotatable bonds is 2. The van der Waals surface area contributed by atoms with Crippen LogP contribution in [0, 0.1) is 0 Å². The summed E-state index contributed by atoms with van der Waals surface area (Å²) in [6, 6.07) is 1.43. The van der Waals surface area contributed by atoms with Crippen molar-refractivity contribution in [3.63, 3.8) is 0 Å². The summed E-state index contributed by atoms with van der Waals surface area (Å²) in [5.74, 6) is -0.414. The van der Waals surface area contributed by atoms with E-state index in [4.69, 9.17) is 21.4 Å². The minimum Gasteiger partial charge on any atom is -0.478 e. The van der Waals surface area contributed by atoms with Gasteiger partial charge in [-0.1, -0.05) is 11.6 Å². The SMILES string of the molecule is CC1CN(c2ncc(C(=O)O)cc2Cl)CC(C)O1. The molecule has 1 aliphatic heterocycles. The van der Waals surface area contributed by atoms with Crippen molar-refractivity contribution in [1.82, 2.24) is 4.98 Å². The van der Waals surface area contributed by atoms with Crippen molar-refractivity contribution in [3.05, 3.63) is 22.8 Å². The summed E-state index contributed by atoms with van der Waals surface area (Å²) >= 11 is 6.09. The second-order valence-electron chi connectivity index (χ2n) is 4.50. The first-order valence-corrected chi connectivity index (χ1v) is 6.14. The zero-order valence-electron chi connectivity index (χ0n) is 10.3. The minimum absolute atomic E-state index is 0.0955. The van der Waals surface area contributed by atoms with E-state index < -0.39 is 5.97 Å². The molecular weight excluding hydrogens is 256 g/mol. The van der Waals surface area contributed by atoms with Gasteiger partial charge in [0.2, 0.25) is 0 Å². The van der Waals surface area contributed by atoms with Gasteiger partial charge in [0.05, 0.1) is 22.8 Å². The molecule has 98 valence electrons. The third kappa shape index (κ3) is 2.73. The first kappa shape index (κ1) is 13.1. The van der Waals surface area contributed by atoms with Gasteiger partial charge in [-0.25, -0.2) is 9.78 Å². The van der Waals surface area contributed by atoms with Crippen LogP contribution < -0.4 is 4.90 Å². The molecule has 2 rings (SSSR count). The number of hydrogen-bond donors (Lipinski definition) is 1. The minimum atomic E-state index is -1.03. The van der Waals surface area contributed by atoms with Crippen LogP contribution in [0.4, 0.5) is 5.82 Å². The first-order valence-electron chi connectivity index (χ1n) is 5.76. The molecule has 0 aliphatic carbocycles. The monoisotopic (exact) mass is 270 g/mol. The molecule has 0 saturated carbocycles. The van der Waals surface area contributed by atoms with Gasteiger partial charge >= 0.3 is 5.97 Å². The Balaban J connectivity index is 2.25. The zero-order chi connectivity index (χ0) is 13.3. The van der Waals surface area contributed by atoms with Crippen LogP contribution >= 0.6 is 11.6 Å². The van der Waals surface area contributed by atoms with Crippen LogP contribution in [0.5, 0.6) is 0 Å². The largest absolute Gasteiger partial charge is 0.478 e. The molecule has 2 unspecified atom stereocenters. The van der Waals surface area contributed by atoms with Gasteiger partial charge in [0.25, 0.3) is 0 Å². The topological polar surface area (TPSA) is 62.7 Å². The summed E-state index contributed by atoms with van der Waals surface area (Å²) in [7, 11) is 0. The smallest absolute Gasteiger partial charge is 0.337 e. The van der Waals surface area contributed by atoms with Gasteiger partial charge in [-0.3, -0.25) is 0 Å². The highest BCUT2D eigenvalue weighted by atomic mass is 35.5. The van der Waals surface area contributed by atoms with Crippen molar-refractivity contribution in [2.75, 3.05) is 18.0 Å². The average molecular weight is 271 g/mol. The Bertz CT molecular complexity index is 457. The molecule has 5 nitrogen and oxygen atoms in total. The fourth-order valence-electron chi connectivity index (χ4n) is 2.13. The predicted molar refractivity (Wildman–Crippen MR) is 68.4 cm³/mol. The molecular formula is C12H15ClN2O3. The molecule has 18 heavy (non-hydrogen) atoms. The van der Waals surface area contributed by atoms with E-state index in [1.807, 2.05) is 18.7 Å². The third-order valence-electron chi connectivity index (χ3n) is 2.79. The molecule has 1 N–H and O–H groups in total. The normalized spacial score (nSPS) is 24.1. The van der Waals surface area contributed by atoms with E-state index in [0.717, 1.165) is 0 Å². The van der Waals surface area contributed by atoms with Crippen LogP contribution in [-0.4, -0.2) is 41.4 Å². The number of carboxylic acids is 1. The van der Waals surface area contributed by atoms with Gasteiger partial charge in [0.1, 0.15) is 5.82 Å². The fourth-order valence-corrected chi connectivity index (χ4v) is 2.42. The third-order valence-corrected chi connectivity index (χ3v) is 3.07. The van der Waals surface area contributed by atoms with Crippen LogP contribution in [-0.2, 0) is 4.74 Å². The summed E-state index contributed by atoms with van der Waals surface area (Å²) in [6.45, 7) is 5.37. The Morgan fingerprint density at radius 1 is 1.50 bits per heavy atom. The Kier molecular flexibility index (Phi) is 3.73. The second-order valence-corrected chi connectivity index (χ2v) is 4.90. The first-order chi connectivity index (χ1) is 8.47. The highest BCUT2D eigenvalue weighted by molar-refractivity contribution is 6.33. The number of carboxylic acid groups (broad SMARTS) is 1. The van der Waals surface area contributed by atoms with Crippen molar-refractivity contribution in [1.29, 1.82) is 0 Å². The van der Waals surface area contributed by atoms with E-state index in [2.05, 4.69) is 4.98 Å². The van der Waals surface area contributed by atoms with E-state index in [-0.39, 0.29) is 17.8 Å². The van der Waals surface area contributed by atoms with Gasteiger partial charge in [0.15, 0.2) is 0 Å². The maximum Gasteiger partial charge on any atom is 0.337 e. The van der Waals surface area contributed by atoms with Crippen molar-refractivity contribution in [2.24, 2.45) is 0 Å². The number of morpholine rings is 1. The van der Waals surface area contributed by atoms with Crippen molar-refractivity contribution < 1.29 is 14.6 Å². The van der Waals surface area contributed by atoms with Crippen LogP contribution in [0.3, 0.4) is 0 Å². The number of anilines is 1. The number of hydrogen-bond acceptors (Lipinski definition) is 4. The van der Waals surface area contributed by atoms with Crippen LogP contribution in [0.1, 0.15) is 24.2 Å². The number of nitrogens with zero attached hydrogens (tertiary/aromatic N) is 2. The summed E-state index contributed by atoms with van der Waals surface area (Å²) in [4.78, 5) is 17.0. The Hall–Kier alpha value is -1.33. The van der Waals surface area contributed by atoms with Crippen LogP contribution in [0.2, 0.25) is 5.02 Å². The lowest BCUT2D eigenvalue weighted by Gasteiger charge is -2.36. The zero-order valence-corrected chi connectivity index (χ0v) is 11.0. The molecule has 1 fully saturated rings. The van der Waals surface area contributed by atoms with Crippen LogP contribution in [0.25, 0.3) is 0 Å². The second kappa shape index (κ2) is 5.12. The lowest BCUT2D eigenvalue weighted by Crippen LogP contribution is -2.46. The van der Waals surface area contributed by atoms with Crippen molar-refractivity contribution in [2.45, 2.75) is 26.1 Å². The van der Waals surface area contributed by atoms with E-state index >= 15 is 0 Å². The highest BCUT2D eigenvalue weighted by Crippen LogP contribution is 2.26. The van der Waals surface area contributed by atoms with E-state index in [1.54, 1.807) is 0 Å². The Morgan fingerprint density at radius 2 is 2.11 bits per heavy atom. The molecule has 1 aromatic rings. The maximum absolute atomic E-state index is 10.8. The number of halogens is 1. The van der Waals surface area contributed by atoms with Crippen molar-refractivity contribution >= 4 is 23.4 Å². The number of aromatic nitrogens is 1. The molecule has 0 amide bonds. The summed E-state index contributed by atoms with van der Waals surface area (Å²) in [5, 5.41) is 9.22. The predicted octanol–water partition coefficient (Wildman–Crippen LogP) is 2.05. The fraction of sp³-hybridized carbons (Fsp3) is 0.500. The summed E-state index contributed by atoms with van der Waals surface area (Å²) in [5.41, 5.74) is 0.0955. The molecule has 1 aliphatic rings. The van der Waals surface area contributed by atoms with E-state index in [9.17, 15) is 4.79 Å². The molecule has 1 aromatic heterocycles. The van der Waals surface area contributed by atoms with Crippen molar-refractivity contribution in [3.8, 4) is 0 Å². The molecule has 6 heteroatoms. The van der Waals surface area contributed by atoms with Gasteiger partial charge in [-0.15, -0.1) is 0 Å². The average Bonchev–Trinajstić information content (AvgIpc) is 2.27. The van der Waals surface area contributed by atoms with Crippen LogP contribution in [0.15, 0.2) is 12.3 Å². The lowest BCUT2D eigenvalue weighted by molar-refractivity contribution is -0.00546. The van der Waals surface area contributed by atoms with E-state index in [1.165, 1.54) is 12.3 Å². The standard InChI is InChI=1S/C12H15ClN2O3/c1-7-5-15(6-8(2)18-7)11-10(13)3-9(4-14-11)12(16)17/h3-4,7-8H,5-6H2,1-2H3,(H,16,17).